The van der Waals surface area contributed by atoms with Gasteiger partial charge in [-0.3, -0.25) is 19.6 Å². The summed E-state index contributed by atoms with van der Waals surface area (Å²) in [6.45, 7) is 1.86. The van der Waals surface area contributed by atoms with E-state index in [0.29, 0.717) is 27.8 Å². The van der Waals surface area contributed by atoms with Crippen molar-refractivity contribution in [3.05, 3.63) is 99.0 Å². The van der Waals surface area contributed by atoms with Gasteiger partial charge >= 0.3 is 0 Å². The average molecular weight is 569 g/mol. The Kier molecular flexibility index (Phi) is 10.9. The molecular weight excluding hydrogens is 543 g/mol. The van der Waals surface area contributed by atoms with Gasteiger partial charge in [-0.05, 0) is 79.2 Å². The number of aliphatic hydroxyl groups is 1. The van der Waals surface area contributed by atoms with Crippen molar-refractivity contribution in [2.45, 2.75) is 25.6 Å². The second kappa shape index (κ2) is 14.3. The first kappa shape index (κ1) is 29.6. The molecule has 202 valence electrons. The summed E-state index contributed by atoms with van der Waals surface area (Å²) in [6, 6.07) is 17.3. The normalized spacial score (nSPS) is 11.9. The number of hydrogen-bond donors (Lipinski definition) is 6. The van der Waals surface area contributed by atoms with Crippen LogP contribution in [-0.2, 0) is 16.1 Å². The summed E-state index contributed by atoms with van der Waals surface area (Å²) in [4.78, 5) is 36.2. The van der Waals surface area contributed by atoms with Gasteiger partial charge in [0.1, 0.15) is 6.04 Å². The maximum absolute atomic E-state index is 12.4. The second-order valence-corrected chi connectivity index (χ2v) is 9.37. The number of rotatable bonds is 9. The van der Waals surface area contributed by atoms with E-state index < -0.39 is 24.0 Å². The number of hydrogen-bond acceptors (Lipinski definition) is 6. The van der Waals surface area contributed by atoms with E-state index in [4.69, 9.17) is 28.4 Å². The van der Waals surface area contributed by atoms with Crippen molar-refractivity contribution in [3.8, 4) is 11.8 Å². The van der Waals surface area contributed by atoms with E-state index in [1.165, 1.54) is 24.5 Å². The predicted octanol–water partition coefficient (Wildman–Crippen LogP) is 3.11. The van der Waals surface area contributed by atoms with Gasteiger partial charge in [-0.15, -0.1) is 0 Å². The molecule has 39 heavy (non-hydrogen) atoms. The first-order chi connectivity index (χ1) is 18.6. The highest BCUT2D eigenvalue weighted by Gasteiger charge is 2.25. The number of amides is 3. The van der Waals surface area contributed by atoms with Crippen molar-refractivity contribution in [1.29, 1.82) is 0 Å². The summed E-state index contributed by atoms with van der Waals surface area (Å²) in [6.07, 6.45) is -1.21. The number of benzene rings is 3. The van der Waals surface area contributed by atoms with Gasteiger partial charge in [-0.2, -0.15) is 0 Å². The van der Waals surface area contributed by atoms with Crippen LogP contribution >= 0.6 is 23.2 Å². The zero-order chi connectivity index (χ0) is 28.4. The van der Waals surface area contributed by atoms with Crippen molar-refractivity contribution < 1.29 is 24.7 Å². The smallest absolute Gasteiger partial charge is 0.268 e. The Morgan fingerprint density at radius 3 is 2.00 bits per heavy atom. The molecule has 0 fully saturated rings. The van der Waals surface area contributed by atoms with Crippen molar-refractivity contribution >= 4 is 46.6 Å². The molecule has 3 amide bonds. The Labute approximate surface area is 235 Å². The van der Waals surface area contributed by atoms with Crippen molar-refractivity contribution in [1.82, 2.24) is 16.1 Å². The van der Waals surface area contributed by atoms with Crippen LogP contribution in [0.15, 0.2) is 66.7 Å². The first-order valence-corrected chi connectivity index (χ1v) is 12.5. The highest BCUT2D eigenvalue weighted by atomic mass is 35.5. The van der Waals surface area contributed by atoms with Crippen LogP contribution in [0.3, 0.4) is 0 Å². The number of anilines is 1. The zero-order valence-corrected chi connectivity index (χ0v) is 22.3. The molecule has 0 bridgehead atoms. The molecule has 2 unspecified atom stereocenters. The molecule has 0 aromatic heterocycles. The Balaban J connectivity index is 1.50. The second-order valence-electron chi connectivity index (χ2n) is 8.50. The largest absolute Gasteiger partial charge is 0.391 e. The molecule has 3 aromatic rings. The minimum Gasteiger partial charge on any atom is -0.391 e. The number of halogens is 2. The van der Waals surface area contributed by atoms with Crippen LogP contribution in [0.1, 0.15) is 34.0 Å². The van der Waals surface area contributed by atoms with Gasteiger partial charge in [-0.25, -0.2) is 5.48 Å². The molecule has 11 heteroatoms. The SMILES string of the molecule is CC(O)C(NC(=O)c1ccc(C#Cc2ccc(NC(=O)CNCc3cc(Cl)cc(Cl)c3)cc2)cc1)C(=O)NO. The maximum atomic E-state index is 12.4. The highest BCUT2D eigenvalue weighted by Crippen LogP contribution is 2.19. The molecule has 2 atom stereocenters. The summed E-state index contributed by atoms with van der Waals surface area (Å²) in [7, 11) is 0. The molecule has 0 saturated heterocycles. The third-order valence-electron chi connectivity index (χ3n) is 5.37. The van der Waals surface area contributed by atoms with Gasteiger partial charge in [0.2, 0.25) is 5.91 Å². The molecule has 9 nitrogen and oxygen atoms in total. The fourth-order valence-corrected chi connectivity index (χ4v) is 4.00. The van der Waals surface area contributed by atoms with Gasteiger partial charge in [-0.1, -0.05) is 35.0 Å². The van der Waals surface area contributed by atoms with Crippen LogP contribution in [0.25, 0.3) is 0 Å². The summed E-state index contributed by atoms with van der Waals surface area (Å²) in [5, 5.41) is 27.7. The van der Waals surface area contributed by atoms with Crippen LogP contribution in [0, 0.1) is 11.8 Å². The van der Waals surface area contributed by atoms with Crippen molar-refractivity contribution in [2.75, 3.05) is 11.9 Å². The molecule has 3 rings (SSSR count). The lowest BCUT2D eigenvalue weighted by molar-refractivity contribution is -0.133. The fraction of sp³-hybridized carbons (Fsp3) is 0.179. The van der Waals surface area contributed by atoms with E-state index in [9.17, 15) is 19.5 Å². The zero-order valence-electron chi connectivity index (χ0n) is 20.8. The van der Waals surface area contributed by atoms with Gasteiger partial charge in [0.05, 0.1) is 12.6 Å². The third-order valence-corrected chi connectivity index (χ3v) is 5.80. The molecule has 0 heterocycles. The molecule has 0 aliphatic heterocycles. The van der Waals surface area contributed by atoms with Crippen LogP contribution in [-0.4, -0.2) is 46.7 Å². The number of carbonyl (C=O) groups excluding carboxylic acids is 3. The molecule has 0 spiro atoms. The number of carbonyl (C=O) groups is 3. The Bertz CT molecular complexity index is 1360. The molecule has 6 N–H and O–H groups in total. The lowest BCUT2D eigenvalue weighted by atomic mass is 10.1. The summed E-state index contributed by atoms with van der Waals surface area (Å²) in [5.74, 6) is 4.27. The molecule has 0 aliphatic rings. The van der Waals surface area contributed by atoms with Crippen LogP contribution in [0.5, 0.6) is 0 Å². The number of nitrogens with one attached hydrogen (secondary N) is 4. The van der Waals surface area contributed by atoms with E-state index in [-0.39, 0.29) is 18.0 Å². The maximum Gasteiger partial charge on any atom is 0.268 e. The fourth-order valence-electron chi connectivity index (χ4n) is 3.42. The first-order valence-electron chi connectivity index (χ1n) is 11.7. The topological polar surface area (TPSA) is 140 Å². The van der Waals surface area contributed by atoms with E-state index in [2.05, 4.69) is 27.8 Å². The lowest BCUT2D eigenvalue weighted by Crippen LogP contribution is -2.51. The highest BCUT2D eigenvalue weighted by molar-refractivity contribution is 6.34. The monoisotopic (exact) mass is 568 g/mol. The Morgan fingerprint density at radius 1 is 0.897 bits per heavy atom. The van der Waals surface area contributed by atoms with Gasteiger partial charge in [0, 0.05) is 39.0 Å². The van der Waals surface area contributed by atoms with Crippen LogP contribution in [0.2, 0.25) is 10.0 Å². The van der Waals surface area contributed by atoms with Gasteiger partial charge in [0.15, 0.2) is 0 Å². The molecule has 3 aromatic carbocycles. The predicted molar refractivity (Wildman–Crippen MR) is 149 cm³/mol. The summed E-state index contributed by atoms with van der Waals surface area (Å²) >= 11 is 12.0. The molecule has 0 radical (unpaired) electrons. The van der Waals surface area contributed by atoms with Gasteiger partial charge in [0.25, 0.3) is 11.8 Å². The average Bonchev–Trinajstić information content (AvgIpc) is 2.90. The minimum absolute atomic E-state index is 0.105. The number of aliphatic hydroxyl groups excluding tert-OH is 1. The van der Waals surface area contributed by atoms with E-state index in [1.807, 2.05) is 0 Å². The van der Waals surface area contributed by atoms with E-state index >= 15 is 0 Å². The molecular formula is C28H26Cl2N4O5. The van der Waals surface area contributed by atoms with Crippen molar-refractivity contribution in [2.24, 2.45) is 0 Å². The quantitative estimate of drug-likeness (QED) is 0.133. The van der Waals surface area contributed by atoms with Gasteiger partial charge < -0.3 is 21.1 Å². The summed E-state index contributed by atoms with van der Waals surface area (Å²) in [5.41, 5.74) is 4.53. The van der Waals surface area contributed by atoms with E-state index in [0.717, 1.165) is 11.1 Å². The molecule has 0 saturated carbocycles. The third kappa shape index (κ3) is 9.41. The van der Waals surface area contributed by atoms with Crippen molar-refractivity contribution in [3.63, 3.8) is 0 Å². The Hall–Kier alpha value is -3.91. The number of hydroxylamine groups is 1. The Morgan fingerprint density at radius 2 is 1.46 bits per heavy atom. The minimum atomic E-state index is -1.31. The standard InChI is InChI=1S/C28H26Cl2N4O5/c1-17(35)26(28(38)34-39)33-27(37)21-8-4-18(5-9-21)2-3-19-6-10-24(11-7-19)32-25(36)16-31-15-20-12-22(29)14-23(30)13-20/h4-14,17,26,31,35,39H,15-16H2,1H3,(H,32,36)(H,33,37)(H,34,38). The lowest BCUT2D eigenvalue weighted by Gasteiger charge is -2.19. The van der Waals surface area contributed by atoms with Crippen LogP contribution in [0.4, 0.5) is 5.69 Å². The van der Waals surface area contributed by atoms with Crippen LogP contribution < -0.4 is 21.4 Å². The molecule has 0 aliphatic carbocycles. The van der Waals surface area contributed by atoms with E-state index in [1.54, 1.807) is 54.6 Å². The summed E-state index contributed by atoms with van der Waals surface area (Å²) < 4.78 is 0.